The van der Waals surface area contributed by atoms with Gasteiger partial charge < -0.3 is 19.6 Å². The first-order valence-electron chi connectivity index (χ1n) is 41.8. The van der Waals surface area contributed by atoms with Gasteiger partial charge in [0.05, 0.1) is 22.2 Å². The van der Waals surface area contributed by atoms with Gasteiger partial charge in [0.25, 0.3) is 0 Å². The lowest BCUT2D eigenvalue weighted by Gasteiger charge is -2.34. The molecule has 562 valence electrons. The van der Waals surface area contributed by atoms with E-state index in [4.69, 9.17) is 0 Å². The molecule has 4 nitrogen and oxygen atoms in total. The fraction of sp³-hybridized carbons (Fsp3) is 0.0345. The van der Waals surface area contributed by atoms with Gasteiger partial charge in [-0.3, -0.25) is 0 Å². The van der Waals surface area contributed by atoms with Crippen LogP contribution in [0.4, 0.5) is 68.2 Å². The predicted octanol–water partition coefficient (Wildman–Crippen LogP) is 31.1. The van der Waals surface area contributed by atoms with Gasteiger partial charge in [-0.25, -0.2) is 0 Å². The van der Waals surface area contributed by atoms with Crippen LogP contribution in [0.2, 0.25) is 0 Å². The van der Waals surface area contributed by atoms with Crippen molar-refractivity contribution in [3.63, 3.8) is 0 Å². The number of hydrogen-bond acceptors (Lipinski definition) is 4. The number of fused-ring (bicyclic) bond motifs is 28. The smallest absolute Gasteiger partial charge is 0.0732 e. The number of hydrogen-bond donors (Lipinski definition) is 0. The van der Waals surface area contributed by atoms with Crippen molar-refractivity contribution in [1.29, 1.82) is 0 Å². The Morgan fingerprint density at radius 1 is 0.175 bits per heavy atom. The monoisotopic (exact) mass is 1530 g/mol. The molecule has 0 aromatic heterocycles. The number of aryl methyl sites for hydroxylation is 2. The second-order valence-electron chi connectivity index (χ2n) is 32.6. The SMILES string of the molecule is Cc1ccccc1N(c1ccccc1)c1ccc2c3c(ccc2c1)-c1c(cc(N(c2cccc(-c4cccc(N(c5ccccc5)c5ccc6c7c(ccc6c5)-c5c(cc(N(c6ccccc6)c6ccccc6)c6ccccc56)C75c6ccccc6-c6ccccc65)c4)c2)c2ccccc2C)c2ccccc12)C31c2ccccc2-c2ccccc21. The number of anilines is 12. The van der Waals surface area contributed by atoms with Crippen molar-refractivity contribution in [2.75, 3.05) is 19.6 Å². The zero-order chi connectivity index (χ0) is 79.3. The van der Waals surface area contributed by atoms with Gasteiger partial charge in [-0.2, -0.15) is 0 Å². The van der Waals surface area contributed by atoms with Crippen molar-refractivity contribution in [1.82, 2.24) is 0 Å². The molecule has 120 heavy (non-hydrogen) atoms. The average molecular weight is 1530 g/mol. The van der Waals surface area contributed by atoms with Gasteiger partial charge in [0.2, 0.25) is 0 Å². The average Bonchev–Trinajstić information content (AvgIpc) is 1.50. The summed E-state index contributed by atoms with van der Waals surface area (Å²) in [4.78, 5) is 9.88. The van der Waals surface area contributed by atoms with Gasteiger partial charge in [-0.1, -0.05) is 315 Å². The normalized spacial score (nSPS) is 13.1. The zero-order valence-corrected chi connectivity index (χ0v) is 66.4. The number of benzene rings is 20. The number of nitrogens with zero attached hydrogens (tertiary/aromatic N) is 4. The highest BCUT2D eigenvalue weighted by Crippen LogP contribution is 2.69. The fourth-order valence-corrected chi connectivity index (χ4v) is 21.5. The molecule has 2 spiro atoms. The van der Waals surface area contributed by atoms with Gasteiger partial charge in [-0.15, -0.1) is 0 Å². The molecular weight excluding hydrogens is 1450 g/mol. The highest BCUT2D eigenvalue weighted by molar-refractivity contribution is 6.18. The van der Waals surface area contributed by atoms with Crippen LogP contribution < -0.4 is 19.6 Å². The Morgan fingerprint density at radius 2 is 0.483 bits per heavy atom. The molecule has 4 aliphatic rings. The van der Waals surface area contributed by atoms with Crippen molar-refractivity contribution in [2.24, 2.45) is 0 Å². The van der Waals surface area contributed by atoms with Gasteiger partial charge in [0.1, 0.15) is 0 Å². The summed E-state index contributed by atoms with van der Waals surface area (Å²) in [5, 5.41) is 9.65. The van der Waals surface area contributed by atoms with Crippen molar-refractivity contribution < 1.29 is 0 Å². The molecule has 4 heteroatoms. The summed E-state index contributed by atoms with van der Waals surface area (Å²) in [6.45, 7) is 4.47. The van der Waals surface area contributed by atoms with E-state index in [0.29, 0.717) is 0 Å². The third-order valence-corrected chi connectivity index (χ3v) is 26.4. The minimum Gasteiger partial charge on any atom is -0.310 e. The third kappa shape index (κ3) is 10.1. The lowest BCUT2D eigenvalue weighted by molar-refractivity contribution is 0.802. The van der Waals surface area contributed by atoms with Crippen molar-refractivity contribution >= 4 is 111 Å². The van der Waals surface area contributed by atoms with Crippen LogP contribution in [0.3, 0.4) is 0 Å². The van der Waals surface area contributed by atoms with Gasteiger partial charge >= 0.3 is 0 Å². The molecule has 0 radical (unpaired) electrons. The molecular formula is C116H78N4. The molecule has 4 aliphatic carbocycles. The molecule has 0 fully saturated rings. The van der Waals surface area contributed by atoms with Gasteiger partial charge in [0, 0.05) is 67.6 Å². The van der Waals surface area contributed by atoms with Gasteiger partial charge in [-0.05, 0) is 279 Å². The highest BCUT2D eigenvalue weighted by Gasteiger charge is 2.55. The summed E-state index contributed by atoms with van der Waals surface area (Å²) < 4.78 is 0. The minimum absolute atomic E-state index is 0.667. The molecule has 0 saturated carbocycles. The van der Waals surface area contributed by atoms with E-state index in [1.54, 1.807) is 0 Å². The van der Waals surface area contributed by atoms with Crippen LogP contribution in [0.25, 0.3) is 98.7 Å². The third-order valence-electron chi connectivity index (χ3n) is 26.4. The van der Waals surface area contributed by atoms with E-state index in [9.17, 15) is 0 Å². The van der Waals surface area contributed by atoms with Crippen LogP contribution in [0, 0.1) is 13.8 Å². The molecule has 0 atom stereocenters. The highest BCUT2D eigenvalue weighted by atomic mass is 15.2. The second kappa shape index (κ2) is 27.1. The maximum atomic E-state index is 2.59. The summed E-state index contributed by atoms with van der Waals surface area (Å²) >= 11 is 0. The zero-order valence-electron chi connectivity index (χ0n) is 66.4. The Bertz CT molecular complexity index is 7470. The second-order valence-corrected chi connectivity index (χ2v) is 32.6. The molecule has 0 N–H and O–H groups in total. The number of para-hydroxylation sites is 6. The Morgan fingerprint density at radius 3 is 0.900 bits per heavy atom. The topological polar surface area (TPSA) is 13.0 Å². The van der Waals surface area contributed by atoms with E-state index >= 15 is 0 Å². The van der Waals surface area contributed by atoms with Gasteiger partial charge in [0.15, 0.2) is 0 Å². The summed E-state index contributed by atoms with van der Waals surface area (Å²) in [7, 11) is 0. The summed E-state index contributed by atoms with van der Waals surface area (Å²) in [6, 6.07) is 164. The van der Waals surface area contributed by atoms with E-state index in [-0.39, 0.29) is 0 Å². The predicted molar refractivity (Wildman–Crippen MR) is 503 cm³/mol. The lowest BCUT2D eigenvalue weighted by atomic mass is 9.69. The van der Waals surface area contributed by atoms with E-state index in [1.165, 1.54) is 143 Å². The van der Waals surface area contributed by atoms with E-state index in [1.807, 2.05) is 0 Å². The first-order chi connectivity index (χ1) is 59.4. The maximum Gasteiger partial charge on any atom is 0.0732 e. The maximum absolute atomic E-state index is 2.59. The fourth-order valence-electron chi connectivity index (χ4n) is 21.5. The number of rotatable bonds is 13. The quantitative estimate of drug-likeness (QED) is 0.114. The molecule has 0 saturated heterocycles. The standard InChI is InChI=1S/C116H78N4/c1-75-33-15-29-59-107(75)119(84-43-13-6-14-44-84)88-64-68-90-80(72-88)62-66-100-112-98-54-20-18-52-96(98)110(74-106(112)116(114(90)100)103-57-27-23-49-93(103)94-50-24-28-58-104(94)116)120(108-60-30-16-34-76(108)2)86-46-32-36-78(70-86)77-35-31-45-85(69-77)117(81-37-7-3-8-38-81)87-63-67-89-79(71-87)61-65-99-111-97-53-19-17-51-95(97)109(118(82-39-9-4-10-40-82)83-41-11-5-12-42-83)73-105(111)115(113(89)99)101-55-25-21-47-91(101)92-48-22-26-56-102(92)115/h3-74H,1-2H3. The molecule has 0 amide bonds. The van der Waals surface area contributed by atoms with Crippen molar-refractivity contribution in [2.45, 2.75) is 24.7 Å². The first-order valence-corrected chi connectivity index (χ1v) is 41.8. The Balaban J connectivity index is 0.663. The molecule has 0 bridgehead atoms. The van der Waals surface area contributed by atoms with E-state index < -0.39 is 10.8 Å². The van der Waals surface area contributed by atoms with E-state index in [0.717, 1.165) is 79.4 Å². The summed E-state index contributed by atoms with van der Waals surface area (Å²) in [5.74, 6) is 0. The lowest BCUT2D eigenvalue weighted by Crippen LogP contribution is -2.26. The summed E-state index contributed by atoms with van der Waals surface area (Å²) in [5.41, 5.74) is 37.1. The molecule has 0 aliphatic heterocycles. The van der Waals surface area contributed by atoms with Crippen LogP contribution in [0.15, 0.2) is 437 Å². The first kappa shape index (κ1) is 69.0. The summed E-state index contributed by atoms with van der Waals surface area (Å²) in [6.07, 6.45) is 0. The van der Waals surface area contributed by atoms with Crippen molar-refractivity contribution in [3.8, 4) is 55.6 Å². The van der Waals surface area contributed by atoms with Crippen LogP contribution in [-0.2, 0) is 10.8 Å². The minimum atomic E-state index is -0.695. The van der Waals surface area contributed by atoms with Crippen LogP contribution in [0.5, 0.6) is 0 Å². The van der Waals surface area contributed by atoms with Crippen LogP contribution in [0.1, 0.15) is 55.6 Å². The van der Waals surface area contributed by atoms with Crippen molar-refractivity contribution in [3.05, 3.63) is 492 Å². The molecule has 0 heterocycles. The Kier molecular flexibility index (Phi) is 15.6. The molecule has 0 unspecified atom stereocenters. The molecule has 24 rings (SSSR count). The largest absolute Gasteiger partial charge is 0.310 e. The van der Waals surface area contributed by atoms with Crippen LogP contribution in [-0.4, -0.2) is 0 Å². The Hall–Kier alpha value is -15.4. The van der Waals surface area contributed by atoms with Crippen LogP contribution >= 0.6 is 0 Å². The van der Waals surface area contributed by atoms with E-state index in [2.05, 4.69) is 470 Å². The Labute approximate surface area is 698 Å². The molecule has 20 aromatic rings. The molecule has 20 aromatic carbocycles.